The van der Waals surface area contributed by atoms with Gasteiger partial charge in [0.1, 0.15) is 0 Å². The summed E-state index contributed by atoms with van der Waals surface area (Å²) in [4.78, 5) is 11.6. The standard InChI is InChI=1S/C14H22N2O2/c1-9(2)5-6-16-11-7-10(3)13(15)12(8-11)14(17)18-4/h7-9,16H,5-6,15H2,1-4H3. The van der Waals surface area contributed by atoms with E-state index in [1.165, 1.54) is 7.11 Å². The zero-order valence-corrected chi connectivity index (χ0v) is 11.5. The molecule has 0 spiro atoms. The highest BCUT2D eigenvalue weighted by atomic mass is 16.5. The molecule has 0 aliphatic rings. The summed E-state index contributed by atoms with van der Waals surface area (Å²) in [6.45, 7) is 7.11. The van der Waals surface area contributed by atoms with Gasteiger partial charge in [0, 0.05) is 17.9 Å². The first-order valence-corrected chi connectivity index (χ1v) is 6.18. The average molecular weight is 250 g/mol. The minimum Gasteiger partial charge on any atom is -0.465 e. The fraction of sp³-hybridized carbons (Fsp3) is 0.500. The molecule has 4 heteroatoms. The number of esters is 1. The van der Waals surface area contributed by atoms with Gasteiger partial charge in [-0.3, -0.25) is 0 Å². The normalized spacial score (nSPS) is 10.5. The van der Waals surface area contributed by atoms with Crippen LogP contribution in [-0.4, -0.2) is 19.6 Å². The quantitative estimate of drug-likeness (QED) is 0.623. The lowest BCUT2D eigenvalue weighted by Crippen LogP contribution is -2.10. The summed E-state index contributed by atoms with van der Waals surface area (Å²) >= 11 is 0. The highest BCUT2D eigenvalue weighted by Gasteiger charge is 2.13. The topological polar surface area (TPSA) is 64.3 Å². The van der Waals surface area contributed by atoms with E-state index >= 15 is 0 Å². The van der Waals surface area contributed by atoms with Crippen molar-refractivity contribution in [1.29, 1.82) is 0 Å². The van der Waals surface area contributed by atoms with Crippen LogP contribution in [0.2, 0.25) is 0 Å². The van der Waals surface area contributed by atoms with Crippen LogP contribution in [0, 0.1) is 12.8 Å². The molecule has 1 aromatic rings. The lowest BCUT2D eigenvalue weighted by atomic mass is 10.1. The predicted molar refractivity (Wildman–Crippen MR) is 74.9 cm³/mol. The van der Waals surface area contributed by atoms with Crippen molar-refractivity contribution in [2.45, 2.75) is 27.2 Å². The van der Waals surface area contributed by atoms with Gasteiger partial charge >= 0.3 is 5.97 Å². The Balaban J connectivity index is 2.87. The minimum atomic E-state index is -0.400. The lowest BCUT2D eigenvalue weighted by molar-refractivity contribution is 0.0602. The Kier molecular flexibility index (Phi) is 5.01. The number of hydrogen-bond acceptors (Lipinski definition) is 4. The van der Waals surface area contributed by atoms with Crippen LogP contribution in [0.1, 0.15) is 36.2 Å². The second kappa shape index (κ2) is 6.28. The van der Waals surface area contributed by atoms with Gasteiger partial charge < -0.3 is 15.8 Å². The van der Waals surface area contributed by atoms with Crippen LogP contribution in [0.25, 0.3) is 0 Å². The van der Waals surface area contributed by atoms with E-state index in [1.807, 2.05) is 13.0 Å². The van der Waals surface area contributed by atoms with E-state index in [0.717, 1.165) is 24.2 Å². The fourth-order valence-corrected chi connectivity index (χ4v) is 1.68. The first kappa shape index (κ1) is 14.4. The molecule has 0 saturated carbocycles. The number of hydrogen-bond donors (Lipinski definition) is 2. The Labute approximate surface area is 109 Å². The van der Waals surface area contributed by atoms with E-state index in [2.05, 4.69) is 19.2 Å². The summed E-state index contributed by atoms with van der Waals surface area (Å²) in [5, 5.41) is 3.30. The van der Waals surface area contributed by atoms with Crippen LogP contribution >= 0.6 is 0 Å². The number of rotatable bonds is 5. The first-order chi connectivity index (χ1) is 8.45. The number of carbonyl (C=O) groups is 1. The predicted octanol–water partition coefficient (Wildman–Crippen LogP) is 2.82. The molecule has 0 unspecified atom stereocenters. The molecule has 100 valence electrons. The van der Waals surface area contributed by atoms with Gasteiger partial charge in [-0.25, -0.2) is 4.79 Å². The van der Waals surface area contributed by atoms with Crippen molar-refractivity contribution in [1.82, 2.24) is 0 Å². The SMILES string of the molecule is COC(=O)c1cc(NCCC(C)C)cc(C)c1N. The van der Waals surface area contributed by atoms with Gasteiger partial charge in [0.15, 0.2) is 0 Å². The number of benzene rings is 1. The van der Waals surface area contributed by atoms with E-state index in [1.54, 1.807) is 6.07 Å². The summed E-state index contributed by atoms with van der Waals surface area (Å²) in [5.41, 5.74) is 8.56. The van der Waals surface area contributed by atoms with Crippen LogP contribution < -0.4 is 11.1 Å². The minimum absolute atomic E-state index is 0.400. The van der Waals surface area contributed by atoms with Crippen LogP contribution in [0.3, 0.4) is 0 Å². The third-order valence-electron chi connectivity index (χ3n) is 2.84. The molecular formula is C14H22N2O2. The van der Waals surface area contributed by atoms with E-state index in [0.29, 0.717) is 17.2 Å². The Morgan fingerprint density at radius 3 is 2.67 bits per heavy atom. The first-order valence-electron chi connectivity index (χ1n) is 6.18. The summed E-state index contributed by atoms with van der Waals surface area (Å²) in [7, 11) is 1.36. The third-order valence-corrected chi connectivity index (χ3v) is 2.84. The molecule has 0 aliphatic carbocycles. The van der Waals surface area contributed by atoms with Gasteiger partial charge in [-0.2, -0.15) is 0 Å². The number of aryl methyl sites for hydroxylation is 1. The number of carbonyl (C=O) groups excluding carboxylic acids is 1. The molecule has 1 rings (SSSR count). The molecule has 0 aromatic heterocycles. The number of nitrogens with two attached hydrogens (primary N) is 1. The Morgan fingerprint density at radius 1 is 1.44 bits per heavy atom. The molecule has 1 aromatic carbocycles. The maximum absolute atomic E-state index is 11.6. The molecule has 0 heterocycles. The van der Waals surface area contributed by atoms with Crippen molar-refractivity contribution in [2.24, 2.45) is 5.92 Å². The highest BCUT2D eigenvalue weighted by Crippen LogP contribution is 2.23. The van der Waals surface area contributed by atoms with Crippen LogP contribution in [0.5, 0.6) is 0 Å². The fourth-order valence-electron chi connectivity index (χ4n) is 1.68. The van der Waals surface area contributed by atoms with Crippen molar-refractivity contribution in [3.05, 3.63) is 23.3 Å². The zero-order chi connectivity index (χ0) is 13.7. The van der Waals surface area contributed by atoms with Crippen LogP contribution in [-0.2, 0) is 4.74 Å². The van der Waals surface area contributed by atoms with Gasteiger partial charge in [-0.1, -0.05) is 13.8 Å². The second-order valence-corrected chi connectivity index (χ2v) is 4.86. The Morgan fingerprint density at radius 2 is 2.11 bits per heavy atom. The van der Waals surface area contributed by atoms with Crippen LogP contribution in [0.15, 0.2) is 12.1 Å². The number of ether oxygens (including phenoxy) is 1. The van der Waals surface area contributed by atoms with Gasteiger partial charge in [-0.15, -0.1) is 0 Å². The maximum atomic E-state index is 11.6. The molecule has 0 atom stereocenters. The van der Waals surface area contributed by atoms with E-state index in [-0.39, 0.29) is 0 Å². The largest absolute Gasteiger partial charge is 0.465 e. The van der Waals surface area contributed by atoms with Gasteiger partial charge in [-0.05, 0) is 37.0 Å². The van der Waals surface area contributed by atoms with E-state index in [9.17, 15) is 4.79 Å². The summed E-state index contributed by atoms with van der Waals surface area (Å²) in [5.74, 6) is 0.246. The zero-order valence-electron chi connectivity index (χ0n) is 11.5. The number of anilines is 2. The monoisotopic (exact) mass is 250 g/mol. The van der Waals surface area contributed by atoms with Crippen molar-refractivity contribution in [3.8, 4) is 0 Å². The van der Waals surface area contributed by atoms with Crippen molar-refractivity contribution < 1.29 is 9.53 Å². The third kappa shape index (κ3) is 3.65. The lowest BCUT2D eigenvalue weighted by Gasteiger charge is -2.13. The van der Waals surface area contributed by atoms with E-state index in [4.69, 9.17) is 10.5 Å². The smallest absolute Gasteiger partial charge is 0.340 e. The second-order valence-electron chi connectivity index (χ2n) is 4.86. The van der Waals surface area contributed by atoms with Crippen molar-refractivity contribution >= 4 is 17.3 Å². The van der Waals surface area contributed by atoms with Gasteiger partial charge in [0.05, 0.1) is 12.7 Å². The Bertz CT molecular complexity index is 428. The molecule has 0 amide bonds. The molecule has 0 saturated heterocycles. The van der Waals surface area contributed by atoms with Crippen molar-refractivity contribution in [2.75, 3.05) is 24.7 Å². The molecule has 0 bridgehead atoms. The van der Waals surface area contributed by atoms with Crippen molar-refractivity contribution in [3.63, 3.8) is 0 Å². The summed E-state index contributed by atoms with van der Waals surface area (Å²) in [6, 6.07) is 3.69. The maximum Gasteiger partial charge on any atom is 0.340 e. The molecule has 18 heavy (non-hydrogen) atoms. The molecule has 4 nitrogen and oxygen atoms in total. The number of nitrogens with one attached hydrogen (secondary N) is 1. The van der Waals surface area contributed by atoms with E-state index < -0.39 is 5.97 Å². The molecular weight excluding hydrogens is 228 g/mol. The molecule has 3 N–H and O–H groups in total. The average Bonchev–Trinajstić information content (AvgIpc) is 2.32. The van der Waals surface area contributed by atoms with Crippen LogP contribution in [0.4, 0.5) is 11.4 Å². The number of nitrogen functional groups attached to an aromatic ring is 1. The number of methoxy groups -OCH3 is 1. The van der Waals surface area contributed by atoms with Gasteiger partial charge in [0.2, 0.25) is 0 Å². The molecule has 0 radical (unpaired) electrons. The summed E-state index contributed by atoms with van der Waals surface area (Å²) in [6.07, 6.45) is 1.08. The molecule has 0 fully saturated rings. The Hall–Kier alpha value is -1.71. The summed E-state index contributed by atoms with van der Waals surface area (Å²) < 4.78 is 4.72. The molecule has 0 aliphatic heterocycles. The highest BCUT2D eigenvalue weighted by molar-refractivity contribution is 5.97. The van der Waals surface area contributed by atoms with Gasteiger partial charge in [0.25, 0.3) is 0 Å².